The lowest BCUT2D eigenvalue weighted by molar-refractivity contribution is -0.120. The molecule has 0 radical (unpaired) electrons. The van der Waals surface area contributed by atoms with E-state index in [4.69, 9.17) is 0 Å². The van der Waals surface area contributed by atoms with Gasteiger partial charge < -0.3 is 10.2 Å². The molecular formula is C29H26FN3O4. The summed E-state index contributed by atoms with van der Waals surface area (Å²) in [5, 5.41) is 2.86. The molecule has 1 fully saturated rings. The summed E-state index contributed by atoms with van der Waals surface area (Å²) >= 11 is 0. The fourth-order valence-electron chi connectivity index (χ4n) is 4.98. The second-order valence-electron chi connectivity index (χ2n) is 9.29. The van der Waals surface area contributed by atoms with E-state index in [2.05, 4.69) is 5.32 Å². The second-order valence-corrected chi connectivity index (χ2v) is 9.29. The Hall–Kier alpha value is -4.17. The minimum absolute atomic E-state index is 0.203. The zero-order valence-electron chi connectivity index (χ0n) is 20.4. The standard InChI is InChI=1S/C29H26FN3O4/c1-18(32-13-6-14-33(16-15-32)29(37)19-7-4-8-20(30)17-19)28(36)31-24-12-5-11-23-25(24)27(35)22-10-3-2-9-21(22)26(23)34/h2-5,7-12,17-18H,6,13-16H2,1H3,(H,31,36). The first-order valence-corrected chi connectivity index (χ1v) is 12.3. The average molecular weight is 500 g/mol. The molecule has 0 spiro atoms. The lowest BCUT2D eigenvalue weighted by atomic mass is 9.83. The van der Waals surface area contributed by atoms with Crippen LogP contribution in [-0.4, -0.2) is 65.4 Å². The van der Waals surface area contributed by atoms with Gasteiger partial charge in [-0.25, -0.2) is 4.39 Å². The maximum absolute atomic E-state index is 13.6. The molecule has 3 aromatic carbocycles. The van der Waals surface area contributed by atoms with E-state index in [1.54, 1.807) is 60.4 Å². The van der Waals surface area contributed by atoms with E-state index in [-0.39, 0.29) is 34.5 Å². The van der Waals surface area contributed by atoms with E-state index in [0.29, 0.717) is 55.0 Å². The van der Waals surface area contributed by atoms with Crippen molar-refractivity contribution in [1.29, 1.82) is 0 Å². The highest BCUT2D eigenvalue weighted by Gasteiger charge is 2.33. The molecule has 2 aliphatic rings. The third-order valence-corrected chi connectivity index (χ3v) is 7.03. The van der Waals surface area contributed by atoms with Crippen molar-refractivity contribution in [3.8, 4) is 0 Å². The molecule has 2 amide bonds. The molecule has 188 valence electrons. The largest absolute Gasteiger partial charge is 0.337 e. The van der Waals surface area contributed by atoms with Crippen molar-refractivity contribution in [2.24, 2.45) is 0 Å². The van der Waals surface area contributed by atoms with Gasteiger partial charge in [0.2, 0.25) is 5.91 Å². The summed E-state index contributed by atoms with van der Waals surface area (Å²) in [4.78, 5) is 56.0. The smallest absolute Gasteiger partial charge is 0.254 e. The molecule has 1 N–H and O–H groups in total. The lowest BCUT2D eigenvalue weighted by Crippen LogP contribution is -2.44. The van der Waals surface area contributed by atoms with Gasteiger partial charge in [-0.2, -0.15) is 0 Å². The zero-order valence-corrected chi connectivity index (χ0v) is 20.4. The Kier molecular flexibility index (Phi) is 6.67. The number of halogens is 1. The molecule has 37 heavy (non-hydrogen) atoms. The van der Waals surface area contributed by atoms with Crippen LogP contribution in [0.3, 0.4) is 0 Å². The van der Waals surface area contributed by atoms with Gasteiger partial charge in [-0.05, 0) is 37.6 Å². The number of rotatable bonds is 4. The molecule has 1 unspecified atom stereocenters. The summed E-state index contributed by atoms with van der Waals surface area (Å²) < 4.78 is 13.6. The summed E-state index contributed by atoms with van der Waals surface area (Å²) in [6.07, 6.45) is 0.656. The quantitative estimate of drug-likeness (QED) is 0.462. The third-order valence-electron chi connectivity index (χ3n) is 7.03. The van der Waals surface area contributed by atoms with Gasteiger partial charge in [0.25, 0.3) is 5.91 Å². The highest BCUT2D eigenvalue weighted by molar-refractivity contribution is 6.30. The normalized spacial score (nSPS) is 16.4. The summed E-state index contributed by atoms with van der Waals surface area (Å²) in [5.74, 6) is -1.55. The number of ketones is 2. The number of fused-ring (bicyclic) bond motifs is 2. The molecule has 3 aromatic rings. The van der Waals surface area contributed by atoms with E-state index >= 15 is 0 Å². The van der Waals surface area contributed by atoms with E-state index in [9.17, 15) is 23.6 Å². The van der Waals surface area contributed by atoms with Gasteiger partial charge in [-0.3, -0.25) is 24.1 Å². The van der Waals surface area contributed by atoms with Gasteiger partial charge in [-0.15, -0.1) is 0 Å². The van der Waals surface area contributed by atoms with Crippen molar-refractivity contribution in [2.75, 3.05) is 31.5 Å². The Morgan fingerprint density at radius 3 is 2.30 bits per heavy atom. The Bertz CT molecular complexity index is 1420. The number of hydrogen-bond donors (Lipinski definition) is 1. The predicted octanol–water partition coefficient (Wildman–Crippen LogP) is 3.78. The number of carbonyl (C=O) groups excluding carboxylic acids is 4. The fourth-order valence-corrected chi connectivity index (χ4v) is 4.98. The molecule has 1 aliphatic carbocycles. The highest BCUT2D eigenvalue weighted by atomic mass is 19.1. The van der Waals surface area contributed by atoms with Crippen molar-refractivity contribution in [3.05, 3.63) is 100 Å². The summed E-state index contributed by atoms with van der Waals surface area (Å²) in [5.41, 5.74) is 1.77. The lowest BCUT2D eigenvalue weighted by Gasteiger charge is -2.28. The average Bonchev–Trinajstić information content (AvgIpc) is 3.17. The van der Waals surface area contributed by atoms with Crippen molar-refractivity contribution in [2.45, 2.75) is 19.4 Å². The SMILES string of the molecule is CC(C(=O)Nc1cccc2c1C(=O)c1ccccc1C2=O)N1CCCN(C(=O)c2cccc(F)c2)CC1. The Balaban J connectivity index is 1.29. The first kappa shape index (κ1) is 24.5. The molecular weight excluding hydrogens is 473 g/mol. The Labute approximate surface area is 213 Å². The number of benzene rings is 3. The first-order valence-electron chi connectivity index (χ1n) is 12.3. The van der Waals surface area contributed by atoms with Gasteiger partial charge in [0.05, 0.1) is 17.3 Å². The van der Waals surface area contributed by atoms with Gasteiger partial charge in [0.15, 0.2) is 11.6 Å². The van der Waals surface area contributed by atoms with Crippen LogP contribution in [-0.2, 0) is 4.79 Å². The molecule has 0 saturated carbocycles. The number of amides is 2. The fraction of sp³-hybridized carbons (Fsp3) is 0.241. The van der Waals surface area contributed by atoms with Gasteiger partial charge in [0, 0.05) is 48.4 Å². The van der Waals surface area contributed by atoms with Gasteiger partial charge >= 0.3 is 0 Å². The predicted molar refractivity (Wildman–Crippen MR) is 136 cm³/mol. The van der Waals surface area contributed by atoms with Crippen LogP contribution in [0.1, 0.15) is 55.5 Å². The number of nitrogens with one attached hydrogen (secondary N) is 1. The highest BCUT2D eigenvalue weighted by Crippen LogP contribution is 2.32. The van der Waals surface area contributed by atoms with Crippen molar-refractivity contribution in [1.82, 2.24) is 9.80 Å². The monoisotopic (exact) mass is 499 g/mol. The minimum atomic E-state index is -0.540. The van der Waals surface area contributed by atoms with Crippen LogP contribution in [0.25, 0.3) is 0 Å². The molecule has 8 heteroatoms. The number of nitrogens with zero attached hydrogens (tertiary/aromatic N) is 2. The third kappa shape index (κ3) is 4.68. The Morgan fingerprint density at radius 2 is 1.54 bits per heavy atom. The van der Waals surface area contributed by atoms with Crippen molar-refractivity contribution >= 4 is 29.1 Å². The number of anilines is 1. The molecule has 1 saturated heterocycles. The van der Waals surface area contributed by atoms with Crippen molar-refractivity contribution in [3.63, 3.8) is 0 Å². The van der Waals surface area contributed by atoms with Crippen LogP contribution in [0.15, 0.2) is 66.7 Å². The molecule has 1 heterocycles. The molecule has 0 aromatic heterocycles. The minimum Gasteiger partial charge on any atom is -0.337 e. The van der Waals surface area contributed by atoms with E-state index in [1.165, 1.54) is 18.2 Å². The number of hydrogen-bond acceptors (Lipinski definition) is 5. The van der Waals surface area contributed by atoms with Gasteiger partial charge in [-0.1, -0.05) is 42.5 Å². The van der Waals surface area contributed by atoms with Gasteiger partial charge in [0.1, 0.15) is 5.82 Å². The van der Waals surface area contributed by atoms with E-state index < -0.39 is 11.9 Å². The topological polar surface area (TPSA) is 86.8 Å². The summed E-state index contributed by atoms with van der Waals surface area (Å²) in [6.45, 7) is 3.74. The first-order chi connectivity index (χ1) is 17.8. The zero-order chi connectivity index (χ0) is 26.1. The maximum atomic E-state index is 13.6. The van der Waals surface area contributed by atoms with Crippen LogP contribution >= 0.6 is 0 Å². The van der Waals surface area contributed by atoms with Crippen LogP contribution in [0.2, 0.25) is 0 Å². The molecule has 5 rings (SSSR count). The summed E-state index contributed by atoms with van der Waals surface area (Å²) in [6, 6.07) is 16.7. The Morgan fingerprint density at radius 1 is 0.838 bits per heavy atom. The molecule has 1 atom stereocenters. The van der Waals surface area contributed by atoms with Crippen LogP contribution in [0, 0.1) is 5.82 Å². The molecule has 1 aliphatic heterocycles. The van der Waals surface area contributed by atoms with Crippen LogP contribution < -0.4 is 5.32 Å². The molecule has 7 nitrogen and oxygen atoms in total. The summed E-state index contributed by atoms with van der Waals surface area (Å²) in [7, 11) is 0. The second kappa shape index (κ2) is 10.1. The van der Waals surface area contributed by atoms with Crippen molar-refractivity contribution < 1.29 is 23.6 Å². The van der Waals surface area contributed by atoms with E-state index in [0.717, 1.165) is 0 Å². The van der Waals surface area contributed by atoms with Crippen LogP contribution in [0.4, 0.5) is 10.1 Å². The maximum Gasteiger partial charge on any atom is 0.254 e. The van der Waals surface area contributed by atoms with E-state index in [1.807, 2.05) is 4.90 Å². The number of carbonyl (C=O) groups is 4. The van der Waals surface area contributed by atoms with Crippen LogP contribution in [0.5, 0.6) is 0 Å². The molecule has 0 bridgehead atoms.